The highest BCUT2D eigenvalue weighted by Crippen LogP contribution is 1.89. The van der Waals surface area contributed by atoms with Crippen LogP contribution in [0.1, 0.15) is 33.1 Å². The van der Waals surface area contributed by atoms with Crippen LogP contribution in [0.3, 0.4) is 0 Å². The average Bonchev–Trinajstić information content (AvgIpc) is 2.16. The maximum absolute atomic E-state index is 2.19. The van der Waals surface area contributed by atoms with Gasteiger partial charge in [-0.2, -0.15) is 0 Å². The van der Waals surface area contributed by atoms with Crippen molar-refractivity contribution in [3.8, 4) is 0 Å². The van der Waals surface area contributed by atoms with Crippen molar-refractivity contribution in [2.24, 2.45) is 0 Å². The Morgan fingerprint density at radius 3 is 1.85 bits per heavy atom. The largest absolute Gasteiger partial charge is 0.0885 e. The predicted octanol–water partition coefficient (Wildman–Crippen LogP) is 4.42. The molecule has 0 N–H and O–H groups in total. The van der Waals surface area contributed by atoms with Gasteiger partial charge in [-0.15, -0.1) is 0 Å². The first-order valence-corrected chi connectivity index (χ1v) is 5.05. The van der Waals surface area contributed by atoms with Crippen LogP contribution in [0.5, 0.6) is 0 Å². The van der Waals surface area contributed by atoms with Gasteiger partial charge in [0.15, 0.2) is 0 Å². The van der Waals surface area contributed by atoms with Crippen molar-refractivity contribution in [1.29, 1.82) is 0 Å². The highest BCUT2D eigenvalue weighted by Gasteiger charge is 1.68. The van der Waals surface area contributed by atoms with Gasteiger partial charge in [0.2, 0.25) is 0 Å². The fourth-order valence-electron chi connectivity index (χ4n) is 0.842. The predicted molar refractivity (Wildman–Crippen MR) is 61.8 cm³/mol. The molecule has 0 bridgehead atoms. The summed E-state index contributed by atoms with van der Waals surface area (Å²) in [7, 11) is 0. The van der Waals surface area contributed by atoms with E-state index in [-0.39, 0.29) is 0 Å². The Balaban J connectivity index is 3.45. The molecule has 0 heteroatoms. The van der Waals surface area contributed by atoms with Crippen LogP contribution >= 0.6 is 0 Å². The molecule has 0 aliphatic rings. The summed E-state index contributed by atoms with van der Waals surface area (Å²) in [5.41, 5.74) is 0. The summed E-state index contributed by atoms with van der Waals surface area (Å²) < 4.78 is 0. The van der Waals surface area contributed by atoms with Gasteiger partial charge >= 0.3 is 0 Å². The monoisotopic (exact) mass is 176 g/mol. The maximum atomic E-state index is 2.19. The van der Waals surface area contributed by atoms with Gasteiger partial charge in [0, 0.05) is 0 Å². The van der Waals surface area contributed by atoms with E-state index in [2.05, 4.69) is 62.5 Å². The summed E-state index contributed by atoms with van der Waals surface area (Å²) >= 11 is 0. The first kappa shape index (κ1) is 12.0. The molecule has 0 rings (SSSR count). The van der Waals surface area contributed by atoms with Crippen molar-refractivity contribution in [2.75, 3.05) is 0 Å². The molecule has 13 heavy (non-hydrogen) atoms. The second-order valence-corrected chi connectivity index (χ2v) is 2.76. The number of rotatable bonds is 6. The molecule has 0 aromatic heterocycles. The molecule has 0 aliphatic heterocycles. The van der Waals surface area contributed by atoms with Gasteiger partial charge in [0.25, 0.3) is 0 Å². The van der Waals surface area contributed by atoms with Crippen LogP contribution in [0.15, 0.2) is 48.6 Å². The minimum Gasteiger partial charge on any atom is -0.0885 e. The lowest BCUT2D eigenvalue weighted by Crippen LogP contribution is -1.58. The number of hydrogen-bond acceptors (Lipinski definition) is 0. The fraction of sp³-hybridized carbons (Fsp3) is 0.385. The van der Waals surface area contributed by atoms with Crippen molar-refractivity contribution in [1.82, 2.24) is 0 Å². The molecular formula is C13H20. The molecule has 0 radical (unpaired) electrons. The third-order valence-electron chi connectivity index (χ3n) is 1.52. The standard InChI is InChI=1S/C13H20/c1-3-5-7-9-11-13-12-10-8-6-4-2/h5-9,11-13H,3-4,10H2,1-2H3/b7-5+,8-6+,11-9+,13-12+. The molecule has 0 nitrogen and oxygen atoms in total. The zero-order chi connectivity index (χ0) is 9.78. The Bertz CT molecular complexity index is 192. The quantitative estimate of drug-likeness (QED) is 0.415. The van der Waals surface area contributed by atoms with Crippen LogP contribution in [0, 0.1) is 0 Å². The molecule has 0 fully saturated rings. The Morgan fingerprint density at radius 2 is 1.23 bits per heavy atom. The smallest absolute Gasteiger partial charge is 0.0166 e. The van der Waals surface area contributed by atoms with Gasteiger partial charge in [-0.3, -0.25) is 0 Å². The molecule has 0 aromatic rings. The molecule has 0 aromatic carbocycles. The van der Waals surface area contributed by atoms with E-state index in [1.54, 1.807) is 0 Å². The highest BCUT2D eigenvalue weighted by atomic mass is 13.8. The molecule has 0 unspecified atom stereocenters. The van der Waals surface area contributed by atoms with Crippen molar-refractivity contribution >= 4 is 0 Å². The summed E-state index contributed by atoms with van der Waals surface area (Å²) in [6.45, 7) is 4.28. The van der Waals surface area contributed by atoms with Gasteiger partial charge < -0.3 is 0 Å². The summed E-state index contributed by atoms with van der Waals surface area (Å²) in [6, 6.07) is 0. The second kappa shape index (κ2) is 11.0. The normalized spacial score (nSPS) is 13.1. The molecule has 0 heterocycles. The van der Waals surface area contributed by atoms with Gasteiger partial charge in [0.05, 0.1) is 0 Å². The Morgan fingerprint density at radius 1 is 0.615 bits per heavy atom. The SMILES string of the molecule is CC/C=C/C=C/C=C/C/C=C/CC. The third-order valence-corrected chi connectivity index (χ3v) is 1.52. The molecule has 0 saturated carbocycles. The summed E-state index contributed by atoms with van der Waals surface area (Å²) in [6.07, 6.45) is 20.2. The minimum atomic E-state index is 1.04. The first-order chi connectivity index (χ1) is 6.41. The molecule has 0 atom stereocenters. The van der Waals surface area contributed by atoms with Crippen LogP contribution in [0.2, 0.25) is 0 Å². The van der Waals surface area contributed by atoms with E-state index >= 15 is 0 Å². The van der Waals surface area contributed by atoms with E-state index in [0.717, 1.165) is 19.3 Å². The second-order valence-electron chi connectivity index (χ2n) is 2.76. The van der Waals surface area contributed by atoms with Crippen molar-refractivity contribution < 1.29 is 0 Å². The lowest BCUT2D eigenvalue weighted by molar-refractivity contribution is 1.20. The van der Waals surface area contributed by atoms with Crippen LogP contribution < -0.4 is 0 Å². The molecular weight excluding hydrogens is 156 g/mol. The van der Waals surface area contributed by atoms with Crippen molar-refractivity contribution in [3.05, 3.63) is 48.6 Å². The van der Waals surface area contributed by atoms with Gasteiger partial charge in [0.1, 0.15) is 0 Å². The van der Waals surface area contributed by atoms with E-state index in [4.69, 9.17) is 0 Å². The topological polar surface area (TPSA) is 0 Å². The average molecular weight is 176 g/mol. The minimum absolute atomic E-state index is 1.04. The number of hydrogen-bond donors (Lipinski definition) is 0. The van der Waals surface area contributed by atoms with E-state index in [0.29, 0.717) is 0 Å². The molecule has 0 aliphatic carbocycles. The van der Waals surface area contributed by atoms with Gasteiger partial charge in [-0.05, 0) is 19.3 Å². The number of allylic oxidation sites excluding steroid dienone is 8. The summed E-state index contributed by atoms with van der Waals surface area (Å²) in [5.74, 6) is 0. The first-order valence-electron chi connectivity index (χ1n) is 5.05. The Labute approximate surface area is 82.4 Å². The maximum Gasteiger partial charge on any atom is -0.0166 e. The van der Waals surface area contributed by atoms with E-state index in [9.17, 15) is 0 Å². The van der Waals surface area contributed by atoms with Gasteiger partial charge in [-0.1, -0.05) is 62.5 Å². The molecule has 0 spiro atoms. The van der Waals surface area contributed by atoms with E-state index in [1.165, 1.54) is 0 Å². The molecule has 72 valence electrons. The summed E-state index contributed by atoms with van der Waals surface area (Å²) in [5, 5.41) is 0. The zero-order valence-corrected chi connectivity index (χ0v) is 8.74. The summed E-state index contributed by atoms with van der Waals surface area (Å²) in [4.78, 5) is 0. The molecule has 0 amide bonds. The van der Waals surface area contributed by atoms with Crippen molar-refractivity contribution in [3.63, 3.8) is 0 Å². The van der Waals surface area contributed by atoms with Crippen molar-refractivity contribution in [2.45, 2.75) is 33.1 Å². The van der Waals surface area contributed by atoms with E-state index < -0.39 is 0 Å². The van der Waals surface area contributed by atoms with E-state index in [1.807, 2.05) is 0 Å². The fourth-order valence-corrected chi connectivity index (χ4v) is 0.842. The third kappa shape index (κ3) is 11.0. The van der Waals surface area contributed by atoms with Crippen LogP contribution in [-0.2, 0) is 0 Å². The lowest BCUT2D eigenvalue weighted by Gasteiger charge is -1.79. The molecule has 0 saturated heterocycles. The van der Waals surface area contributed by atoms with Crippen LogP contribution in [-0.4, -0.2) is 0 Å². The zero-order valence-electron chi connectivity index (χ0n) is 8.74. The van der Waals surface area contributed by atoms with Gasteiger partial charge in [-0.25, -0.2) is 0 Å². The van der Waals surface area contributed by atoms with Crippen LogP contribution in [0.4, 0.5) is 0 Å². The Hall–Kier alpha value is -1.04. The van der Waals surface area contributed by atoms with Crippen LogP contribution in [0.25, 0.3) is 0 Å². The highest BCUT2D eigenvalue weighted by molar-refractivity contribution is 5.11. The Kier molecular flexibility index (Phi) is 10.1. The lowest BCUT2D eigenvalue weighted by atomic mass is 10.3.